The van der Waals surface area contributed by atoms with Crippen LogP contribution in [-0.4, -0.2) is 21.7 Å². The SMILES string of the molecule is Cc1ccc(C(C)(C)C)cc1N1Cc2c(nn(-c3c(C)cccc3C)c2-c2ccc(NC(N)=O)cc2)C1=O. The number of amides is 3. The molecule has 0 aliphatic carbocycles. The van der Waals surface area contributed by atoms with E-state index in [9.17, 15) is 9.59 Å². The number of anilines is 2. The number of primary amides is 1. The number of carbonyl (C=O) groups excluding carboxylic acids is 2. The molecular weight excluding hydrogens is 474 g/mol. The predicted molar refractivity (Wildman–Crippen MR) is 152 cm³/mol. The number of para-hydroxylation sites is 1. The summed E-state index contributed by atoms with van der Waals surface area (Å²) in [5, 5.41) is 7.53. The number of nitrogens with one attached hydrogen (secondary N) is 1. The van der Waals surface area contributed by atoms with Gasteiger partial charge in [-0.1, -0.05) is 63.2 Å². The van der Waals surface area contributed by atoms with Gasteiger partial charge >= 0.3 is 6.03 Å². The highest BCUT2D eigenvalue weighted by atomic mass is 16.2. The summed E-state index contributed by atoms with van der Waals surface area (Å²) in [5.74, 6) is -0.104. The zero-order valence-electron chi connectivity index (χ0n) is 22.7. The Balaban J connectivity index is 1.67. The number of hydrogen-bond acceptors (Lipinski definition) is 3. The summed E-state index contributed by atoms with van der Waals surface area (Å²) < 4.78 is 1.90. The van der Waals surface area contributed by atoms with Crippen molar-refractivity contribution in [3.63, 3.8) is 0 Å². The number of nitrogens with two attached hydrogens (primary N) is 1. The van der Waals surface area contributed by atoms with Gasteiger partial charge < -0.3 is 16.0 Å². The van der Waals surface area contributed by atoms with Gasteiger partial charge in [0.15, 0.2) is 5.69 Å². The molecule has 194 valence electrons. The summed E-state index contributed by atoms with van der Waals surface area (Å²) in [6.07, 6.45) is 0. The summed E-state index contributed by atoms with van der Waals surface area (Å²) in [7, 11) is 0. The largest absolute Gasteiger partial charge is 0.351 e. The van der Waals surface area contributed by atoms with Gasteiger partial charge in [-0.15, -0.1) is 0 Å². The molecule has 3 N–H and O–H groups in total. The van der Waals surface area contributed by atoms with Crippen LogP contribution in [-0.2, 0) is 12.0 Å². The van der Waals surface area contributed by atoms with Crippen LogP contribution in [0, 0.1) is 20.8 Å². The highest BCUT2D eigenvalue weighted by Gasteiger charge is 2.37. The Bertz CT molecular complexity index is 1560. The van der Waals surface area contributed by atoms with Crippen molar-refractivity contribution < 1.29 is 9.59 Å². The summed E-state index contributed by atoms with van der Waals surface area (Å²) in [6, 6.07) is 19.3. The maximum atomic E-state index is 13.9. The summed E-state index contributed by atoms with van der Waals surface area (Å²) >= 11 is 0. The highest BCUT2D eigenvalue weighted by Crippen LogP contribution is 2.40. The van der Waals surface area contributed by atoms with Crippen molar-refractivity contribution in [1.82, 2.24) is 9.78 Å². The van der Waals surface area contributed by atoms with Crippen LogP contribution in [0.1, 0.15) is 59.1 Å². The van der Waals surface area contributed by atoms with Crippen molar-refractivity contribution in [3.05, 3.63) is 94.2 Å². The Hall–Kier alpha value is -4.39. The number of benzene rings is 3. The highest BCUT2D eigenvalue weighted by molar-refractivity contribution is 6.10. The molecule has 7 nitrogen and oxygen atoms in total. The molecule has 1 aliphatic heterocycles. The Morgan fingerprint density at radius 3 is 2.21 bits per heavy atom. The normalized spacial score (nSPS) is 13.1. The molecule has 5 rings (SSSR count). The van der Waals surface area contributed by atoms with Crippen molar-refractivity contribution in [1.29, 1.82) is 0 Å². The Labute approximate surface area is 223 Å². The zero-order valence-corrected chi connectivity index (χ0v) is 22.7. The summed E-state index contributed by atoms with van der Waals surface area (Å²) in [6.45, 7) is 13.1. The molecule has 1 aromatic heterocycles. The van der Waals surface area contributed by atoms with Gasteiger partial charge in [-0.2, -0.15) is 5.10 Å². The first-order valence-electron chi connectivity index (χ1n) is 12.7. The smallest absolute Gasteiger partial charge is 0.316 e. The fourth-order valence-corrected chi connectivity index (χ4v) is 5.14. The van der Waals surface area contributed by atoms with Gasteiger partial charge in [-0.25, -0.2) is 9.48 Å². The molecule has 0 saturated carbocycles. The van der Waals surface area contributed by atoms with Gasteiger partial charge in [0.25, 0.3) is 5.91 Å². The van der Waals surface area contributed by atoms with Crippen molar-refractivity contribution in [2.75, 3.05) is 10.2 Å². The molecule has 2 heterocycles. The molecule has 0 fully saturated rings. The molecule has 1 aliphatic rings. The molecule has 0 saturated heterocycles. The topological polar surface area (TPSA) is 93.2 Å². The van der Waals surface area contributed by atoms with Crippen LogP contribution in [0.15, 0.2) is 60.7 Å². The molecule has 4 aromatic rings. The first kappa shape index (κ1) is 25.3. The van der Waals surface area contributed by atoms with Gasteiger partial charge in [0, 0.05) is 22.5 Å². The van der Waals surface area contributed by atoms with Crippen LogP contribution in [0.5, 0.6) is 0 Å². The van der Waals surface area contributed by atoms with E-state index in [0.29, 0.717) is 17.9 Å². The third-order valence-electron chi connectivity index (χ3n) is 7.19. The van der Waals surface area contributed by atoms with Crippen molar-refractivity contribution in [2.45, 2.75) is 53.5 Å². The second-order valence-electron chi connectivity index (χ2n) is 11.0. The van der Waals surface area contributed by atoms with E-state index in [0.717, 1.165) is 44.9 Å². The van der Waals surface area contributed by atoms with Crippen LogP contribution in [0.25, 0.3) is 16.9 Å². The van der Waals surface area contributed by atoms with Crippen molar-refractivity contribution >= 4 is 23.3 Å². The van der Waals surface area contributed by atoms with E-state index in [4.69, 9.17) is 10.8 Å². The number of aromatic nitrogens is 2. The third-order valence-corrected chi connectivity index (χ3v) is 7.19. The average molecular weight is 508 g/mol. The molecule has 3 aromatic carbocycles. The standard InChI is InChI=1S/C31H33N5O2/c1-18-10-13-22(31(4,5)6)16-25(18)35-17-24-26(29(35)37)34-36(27-19(2)8-7-9-20(27)3)28(24)21-11-14-23(15-12-21)33-30(32)38/h7-16H,17H2,1-6H3,(H3,32,33,38). The lowest BCUT2D eigenvalue weighted by atomic mass is 9.86. The molecular formula is C31H33N5O2. The van der Waals surface area contributed by atoms with Gasteiger partial charge in [-0.3, -0.25) is 4.79 Å². The first-order valence-corrected chi connectivity index (χ1v) is 12.7. The van der Waals surface area contributed by atoms with E-state index in [1.165, 1.54) is 5.56 Å². The van der Waals surface area contributed by atoms with Crippen molar-refractivity contribution in [2.24, 2.45) is 5.73 Å². The quantitative estimate of drug-likeness (QED) is 0.334. The van der Waals surface area contributed by atoms with Gasteiger partial charge in [0.05, 0.1) is 17.9 Å². The summed E-state index contributed by atoms with van der Waals surface area (Å²) in [4.78, 5) is 27.0. The van der Waals surface area contributed by atoms with E-state index in [1.807, 2.05) is 60.7 Å². The number of urea groups is 1. The Morgan fingerprint density at radius 1 is 0.947 bits per heavy atom. The summed E-state index contributed by atoms with van der Waals surface area (Å²) in [5.41, 5.74) is 15.2. The minimum Gasteiger partial charge on any atom is -0.351 e. The maximum Gasteiger partial charge on any atom is 0.316 e. The molecule has 3 amide bonds. The van der Waals surface area contributed by atoms with Crippen LogP contribution in [0.2, 0.25) is 0 Å². The second-order valence-corrected chi connectivity index (χ2v) is 11.0. The number of nitrogens with zero attached hydrogens (tertiary/aromatic N) is 3. The third kappa shape index (κ3) is 4.34. The van der Waals surface area contributed by atoms with E-state index in [-0.39, 0.29) is 11.3 Å². The Kier molecular flexibility index (Phi) is 6.10. The van der Waals surface area contributed by atoms with Crippen molar-refractivity contribution in [3.8, 4) is 16.9 Å². The molecule has 0 atom stereocenters. The maximum absolute atomic E-state index is 13.9. The fraction of sp³-hybridized carbons (Fsp3) is 0.258. The minimum absolute atomic E-state index is 0.0388. The molecule has 38 heavy (non-hydrogen) atoms. The first-order chi connectivity index (χ1) is 18.0. The van der Waals surface area contributed by atoms with Crippen LogP contribution in [0.3, 0.4) is 0 Å². The lowest BCUT2D eigenvalue weighted by Crippen LogP contribution is -2.26. The number of rotatable bonds is 4. The van der Waals surface area contributed by atoms with Gasteiger partial charge in [0.2, 0.25) is 0 Å². The average Bonchev–Trinajstić information content (AvgIpc) is 3.35. The number of fused-ring (bicyclic) bond motifs is 1. The van der Waals surface area contributed by atoms with Gasteiger partial charge in [0.1, 0.15) is 0 Å². The molecule has 0 radical (unpaired) electrons. The number of aryl methyl sites for hydroxylation is 3. The van der Waals surface area contributed by atoms with Crippen LogP contribution >= 0.6 is 0 Å². The monoisotopic (exact) mass is 507 g/mol. The zero-order chi connectivity index (χ0) is 27.4. The lowest BCUT2D eigenvalue weighted by Gasteiger charge is -2.25. The van der Waals surface area contributed by atoms with Crippen LogP contribution < -0.4 is 16.0 Å². The minimum atomic E-state index is -0.617. The Morgan fingerprint density at radius 2 is 1.61 bits per heavy atom. The van der Waals surface area contributed by atoms with E-state index in [1.54, 1.807) is 12.1 Å². The van der Waals surface area contributed by atoms with E-state index >= 15 is 0 Å². The molecule has 0 spiro atoms. The van der Waals surface area contributed by atoms with E-state index in [2.05, 4.69) is 44.3 Å². The lowest BCUT2D eigenvalue weighted by molar-refractivity contribution is 0.0991. The number of hydrogen-bond donors (Lipinski definition) is 2. The van der Waals surface area contributed by atoms with E-state index < -0.39 is 6.03 Å². The number of carbonyl (C=O) groups is 2. The molecule has 7 heteroatoms. The fourth-order valence-electron chi connectivity index (χ4n) is 5.14. The predicted octanol–water partition coefficient (Wildman–Crippen LogP) is 6.41. The molecule has 0 bridgehead atoms. The second kappa shape index (κ2) is 9.17. The molecule has 0 unspecified atom stereocenters. The van der Waals surface area contributed by atoms with Crippen LogP contribution in [0.4, 0.5) is 16.2 Å². The van der Waals surface area contributed by atoms with Gasteiger partial charge in [-0.05, 0) is 66.6 Å².